The third-order valence-corrected chi connectivity index (χ3v) is 3.24. The number of benzene rings is 1. The molecule has 0 spiro atoms. The summed E-state index contributed by atoms with van der Waals surface area (Å²) in [4.78, 5) is 14.0. The van der Waals surface area contributed by atoms with Crippen LogP contribution < -0.4 is 10.5 Å². The van der Waals surface area contributed by atoms with Gasteiger partial charge in [0.15, 0.2) is 0 Å². The number of aliphatic hydroxyl groups excluding tert-OH is 1. The van der Waals surface area contributed by atoms with Crippen LogP contribution in [0.5, 0.6) is 5.75 Å². The van der Waals surface area contributed by atoms with Crippen molar-refractivity contribution in [3.05, 3.63) is 23.8 Å². The summed E-state index contributed by atoms with van der Waals surface area (Å²) in [5.41, 5.74) is 6.77. The van der Waals surface area contributed by atoms with Gasteiger partial charge in [-0.25, -0.2) is 0 Å². The first kappa shape index (κ1) is 12.7. The van der Waals surface area contributed by atoms with Crippen molar-refractivity contribution in [2.24, 2.45) is 0 Å². The van der Waals surface area contributed by atoms with Crippen molar-refractivity contribution >= 4 is 11.6 Å². The first-order chi connectivity index (χ1) is 8.61. The molecular weight excluding hydrogens is 232 g/mol. The molecule has 0 aromatic heterocycles. The molecule has 18 heavy (non-hydrogen) atoms. The molecule has 1 saturated heterocycles. The van der Waals surface area contributed by atoms with E-state index in [2.05, 4.69) is 0 Å². The predicted octanol–water partition coefficient (Wildman–Crippen LogP) is 0.874. The molecule has 1 fully saturated rings. The fourth-order valence-corrected chi connectivity index (χ4v) is 2.10. The number of rotatable bonds is 2. The lowest BCUT2D eigenvalue weighted by Crippen LogP contribution is -2.40. The summed E-state index contributed by atoms with van der Waals surface area (Å²) in [5, 5.41) is 9.42. The number of likely N-dealkylation sites (tertiary alicyclic amines) is 1. The van der Waals surface area contributed by atoms with Gasteiger partial charge < -0.3 is 20.5 Å². The van der Waals surface area contributed by atoms with E-state index < -0.39 is 0 Å². The topological polar surface area (TPSA) is 75.8 Å². The number of amides is 1. The maximum absolute atomic E-state index is 12.3. The van der Waals surface area contributed by atoms with Crippen LogP contribution in [0.15, 0.2) is 18.2 Å². The first-order valence-corrected chi connectivity index (χ1v) is 6.02. The molecule has 98 valence electrons. The zero-order chi connectivity index (χ0) is 13.1. The second-order valence-corrected chi connectivity index (χ2v) is 4.48. The van der Waals surface area contributed by atoms with E-state index in [-0.39, 0.29) is 12.0 Å². The number of piperidine rings is 1. The number of anilines is 1. The Morgan fingerprint density at radius 1 is 1.44 bits per heavy atom. The molecule has 1 aromatic rings. The van der Waals surface area contributed by atoms with Crippen molar-refractivity contribution in [1.29, 1.82) is 0 Å². The van der Waals surface area contributed by atoms with Gasteiger partial charge in [0, 0.05) is 24.8 Å². The van der Waals surface area contributed by atoms with Crippen LogP contribution in [-0.4, -0.2) is 42.2 Å². The number of nitrogens with two attached hydrogens (primary N) is 1. The summed E-state index contributed by atoms with van der Waals surface area (Å²) in [5.74, 6) is 0.556. The van der Waals surface area contributed by atoms with Crippen LogP contribution >= 0.6 is 0 Å². The molecule has 1 aliphatic rings. The number of nitrogens with zero attached hydrogens (tertiary/aromatic N) is 1. The Morgan fingerprint density at radius 3 is 2.67 bits per heavy atom. The fraction of sp³-hybridized carbons (Fsp3) is 0.462. The molecule has 1 aliphatic heterocycles. The van der Waals surface area contributed by atoms with E-state index in [9.17, 15) is 9.90 Å². The monoisotopic (exact) mass is 250 g/mol. The standard InChI is InChI=1S/C13H18N2O3/c1-18-10-2-3-11(12(14)8-10)13(17)15-6-4-9(16)5-7-15/h2-3,8-9,16H,4-7,14H2,1H3. The third kappa shape index (κ3) is 2.56. The molecule has 5 heteroatoms. The Balaban J connectivity index is 2.13. The lowest BCUT2D eigenvalue weighted by Gasteiger charge is -2.30. The second kappa shape index (κ2) is 5.27. The van der Waals surface area contributed by atoms with Crippen molar-refractivity contribution in [1.82, 2.24) is 4.90 Å². The van der Waals surface area contributed by atoms with E-state index in [0.717, 1.165) is 0 Å². The number of methoxy groups -OCH3 is 1. The van der Waals surface area contributed by atoms with E-state index in [0.29, 0.717) is 42.9 Å². The molecule has 0 aliphatic carbocycles. The van der Waals surface area contributed by atoms with Gasteiger partial charge in [0.25, 0.3) is 5.91 Å². The van der Waals surface area contributed by atoms with Crippen LogP contribution in [-0.2, 0) is 0 Å². The number of hydrogen-bond donors (Lipinski definition) is 2. The average Bonchev–Trinajstić information content (AvgIpc) is 2.38. The van der Waals surface area contributed by atoms with Crippen molar-refractivity contribution in [3.63, 3.8) is 0 Å². The summed E-state index contributed by atoms with van der Waals surface area (Å²) in [6.45, 7) is 1.15. The minimum Gasteiger partial charge on any atom is -0.497 e. The van der Waals surface area contributed by atoms with E-state index >= 15 is 0 Å². The minimum absolute atomic E-state index is 0.0814. The normalized spacial score (nSPS) is 16.7. The summed E-state index contributed by atoms with van der Waals surface area (Å²) in [7, 11) is 1.56. The molecule has 0 saturated carbocycles. The van der Waals surface area contributed by atoms with Gasteiger partial charge in [-0.2, -0.15) is 0 Å². The van der Waals surface area contributed by atoms with E-state index in [1.165, 1.54) is 0 Å². The van der Waals surface area contributed by atoms with Gasteiger partial charge in [0.05, 0.1) is 18.8 Å². The molecule has 1 aromatic carbocycles. The SMILES string of the molecule is COc1ccc(C(=O)N2CCC(O)CC2)c(N)c1. The summed E-state index contributed by atoms with van der Waals surface area (Å²) in [6, 6.07) is 5.05. The van der Waals surface area contributed by atoms with E-state index in [4.69, 9.17) is 10.5 Å². The second-order valence-electron chi connectivity index (χ2n) is 4.48. The van der Waals surface area contributed by atoms with Crippen molar-refractivity contribution in [3.8, 4) is 5.75 Å². The van der Waals surface area contributed by atoms with Crippen LogP contribution in [0.25, 0.3) is 0 Å². The summed E-state index contributed by atoms with van der Waals surface area (Å²) in [6.07, 6.45) is 0.964. The van der Waals surface area contributed by atoms with Crippen LogP contribution in [0.3, 0.4) is 0 Å². The van der Waals surface area contributed by atoms with Crippen molar-refractivity contribution < 1.29 is 14.6 Å². The number of carbonyl (C=O) groups excluding carboxylic acids is 1. The number of aliphatic hydroxyl groups is 1. The summed E-state index contributed by atoms with van der Waals surface area (Å²) >= 11 is 0. The maximum atomic E-state index is 12.3. The number of ether oxygens (including phenoxy) is 1. The lowest BCUT2D eigenvalue weighted by atomic mass is 10.1. The highest BCUT2D eigenvalue weighted by Gasteiger charge is 2.23. The summed E-state index contributed by atoms with van der Waals surface area (Å²) < 4.78 is 5.05. The molecule has 2 rings (SSSR count). The van der Waals surface area contributed by atoms with Gasteiger partial charge in [-0.15, -0.1) is 0 Å². The zero-order valence-corrected chi connectivity index (χ0v) is 10.4. The van der Waals surface area contributed by atoms with Gasteiger partial charge in [-0.3, -0.25) is 4.79 Å². The molecule has 5 nitrogen and oxygen atoms in total. The molecule has 1 heterocycles. The third-order valence-electron chi connectivity index (χ3n) is 3.24. The van der Waals surface area contributed by atoms with E-state index in [1.807, 2.05) is 0 Å². The Labute approximate surface area is 106 Å². The first-order valence-electron chi connectivity index (χ1n) is 6.02. The van der Waals surface area contributed by atoms with Crippen LogP contribution in [0.2, 0.25) is 0 Å². The quantitative estimate of drug-likeness (QED) is 0.764. The predicted molar refractivity (Wildman–Crippen MR) is 68.6 cm³/mol. The Kier molecular flexibility index (Phi) is 3.72. The Hall–Kier alpha value is -1.75. The van der Waals surface area contributed by atoms with Crippen LogP contribution in [0, 0.1) is 0 Å². The van der Waals surface area contributed by atoms with Crippen LogP contribution in [0.4, 0.5) is 5.69 Å². The molecule has 3 N–H and O–H groups in total. The number of carbonyl (C=O) groups is 1. The highest BCUT2D eigenvalue weighted by atomic mass is 16.5. The highest BCUT2D eigenvalue weighted by molar-refractivity contribution is 5.99. The fourth-order valence-electron chi connectivity index (χ4n) is 2.10. The largest absolute Gasteiger partial charge is 0.497 e. The number of hydrogen-bond acceptors (Lipinski definition) is 4. The Morgan fingerprint density at radius 2 is 2.11 bits per heavy atom. The molecule has 0 bridgehead atoms. The molecule has 0 atom stereocenters. The molecular formula is C13H18N2O3. The van der Waals surface area contributed by atoms with Gasteiger partial charge in [0.2, 0.25) is 0 Å². The van der Waals surface area contributed by atoms with Gasteiger partial charge in [0.1, 0.15) is 5.75 Å². The van der Waals surface area contributed by atoms with Gasteiger partial charge in [-0.05, 0) is 25.0 Å². The van der Waals surface area contributed by atoms with Gasteiger partial charge >= 0.3 is 0 Å². The van der Waals surface area contributed by atoms with E-state index in [1.54, 1.807) is 30.2 Å². The average molecular weight is 250 g/mol. The van der Waals surface area contributed by atoms with Crippen molar-refractivity contribution in [2.75, 3.05) is 25.9 Å². The van der Waals surface area contributed by atoms with Crippen molar-refractivity contribution in [2.45, 2.75) is 18.9 Å². The molecule has 1 amide bonds. The highest BCUT2D eigenvalue weighted by Crippen LogP contribution is 2.22. The minimum atomic E-state index is -0.290. The smallest absolute Gasteiger partial charge is 0.255 e. The molecule has 0 radical (unpaired) electrons. The lowest BCUT2D eigenvalue weighted by molar-refractivity contribution is 0.0547. The number of nitrogen functional groups attached to an aromatic ring is 1. The van der Waals surface area contributed by atoms with Gasteiger partial charge in [-0.1, -0.05) is 0 Å². The maximum Gasteiger partial charge on any atom is 0.255 e. The molecule has 0 unspecified atom stereocenters. The van der Waals surface area contributed by atoms with Crippen LogP contribution in [0.1, 0.15) is 23.2 Å². The Bertz CT molecular complexity index is 440. The zero-order valence-electron chi connectivity index (χ0n) is 10.4.